The van der Waals surface area contributed by atoms with Crippen LogP contribution in [0.1, 0.15) is 0 Å². The predicted molar refractivity (Wildman–Crippen MR) is 71.8 cm³/mol. The number of nitrogens with two attached hydrogens (primary N) is 1. The Balaban J connectivity index is 2.31. The standard InChI is InChI=1S/C14H16AsN/c16-12-11-15(13-7-3-1-4-8-13)14-9-5-2-6-10-14/h1-10H,11-12,16H2. The van der Waals surface area contributed by atoms with E-state index in [1.54, 1.807) is 0 Å². The van der Waals surface area contributed by atoms with Crippen molar-refractivity contribution in [3.8, 4) is 0 Å². The van der Waals surface area contributed by atoms with E-state index in [0.29, 0.717) is 0 Å². The molecule has 2 aromatic carbocycles. The molecule has 0 fully saturated rings. The Bertz CT molecular complexity index is 374. The normalized spacial score (nSPS) is 10.6. The third-order valence-electron chi connectivity index (χ3n) is 2.49. The van der Waals surface area contributed by atoms with Crippen molar-refractivity contribution in [3.63, 3.8) is 0 Å². The Morgan fingerprint density at radius 3 is 1.56 bits per heavy atom. The van der Waals surface area contributed by atoms with Crippen molar-refractivity contribution in [2.45, 2.75) is 5.21 Å². The second-order valence-corrected chi connectivity index (χ2v) is 8.51. The molecule has 0 aliphatic rings. The van der Waals surface area contributed by atoms with Crippen LogP contribution in [0.15, 0.2) is 60.7 Å². The van der Waals surface area contributed by atoms with Crippen LogP contribution in [-0.2, 0) is 0 Å². The third-order valence-corrected chi connectivity index (χ3v) is 7.84. The number of hydrogen-bond donors (Lipinski definition) is 1. The molecule has 16 heavy (non-hydrogen) atoms. The molecule has 0 spiro atoms. The number of hydrogen-bond acceptors (Lipinski definition) is 1. The van der Waals surface area contributed by atoms with Crippen molar-refractivity contribution < 1.29 is 0 Å². The first kappa shape index (κ1) is 11.4. The van der Waals surface area contributed by atoms with E-state index in [1.165, 1.54) is 8.70 Å². The molecule has 0 unspecified atom stereocenters. The van der Waals surface area contributed by atoms with Crippen molar-refractivity contribution in [1.29, 1.82) is 0 Å². The van der Waals surface area contributed by atoms with Gasteiger partial charge in [-0.3, -0.25) is 0 Å². The fourth-order valence-electron chi connectivity index (χ4n) is 1.75. The summed E-state index contributed by atoms with van der Waals surface area (Å²) in [6, 6.07) is 21.6. The molecule has 0 amide bonds. The minimum atomic E-state index is -1.15. The first-order valence-corrected chi connectivity index (χ1v) is 8.70. The van der Waals surface area contributed by atoms with Gasteiger partial charge in [0, 0.05) is 0 Å². The summed E-state index contributed by atoms with van der Waals surface area (Å²) in [5.74, 6) is 0. The fourth-order valence-corrected chi connectivity index (χ4v) is 6.24. The summed E-state index contributed by atoms with van der Waals surface area (Å²) in [4.78, 5) is 0. The van der Waals surface area contributed by atoms with Crippen LogP contribution in [0.5, 0.6) is 0 Å². The zero-order chi connectivity index (χ0) is 11.2. The molecule has 0 heterocycles. The van der Waals surface area contributed by atoms with Gasteiger partial charge >= 0.3 is 102 Å². The van der Waals surface area contributed by atoms with E-state index in [1.807, 2.05) is 0 Å². The van der Waals surface area contributed by atoms with Crippen LogP contribution in [0.3, 0.4) is 0 Å². The van der Waals surface area contributed by atoms with Gasteiger partial charge < -0.3 is 0 Å². The molecule has 2 N–H and O–H groups in total. The maximum atomic E-state index is 5.74. The predicted octanol–water partition coefficient (Wildman–Crippen LogP) is 1.25. The number of benzene rings is 2. The van der Waals surface area contributed by atoms with Gasteiger partial charge in [0.25, 0.3) is 0 Å². The molecule has 0 saturated heterocycles. The van der Waals surface area contributed by atoms with Crippen LogP contribution < -0.4 is 14.4 Å². The molecule has 0 radical (unpaired) electrons. The summed E-state index contributed by atoms with van der Waals surface area (Å²) in [6.07, 6.45) is 0. The second-order valence-electron chi connectivity index (χ2n) is 3.61. The van der Waals surface area contributed by atoms with E-state index in [0.717, 1.165) is 11.8 Å². The van der Waals surface area contributed by atoms with Gasteiger partial charge in [-0.1, -0.05) is 0 Å². The van der Waals surface area contributed by atoms with Gasteiger partial charge in [0.1, 0.15) is 0 Å². The van der Waals surface area contributed by atoms with Crippen molar-refractivity contribution in [1.82, 2.24) is 0 Å². The van der Waals surface area contributed by atoms with Crippen LogP contribution in [0, 0.1) is 0 Å². The summed E-state index contributed by atoms with van der Waals surface area (Å²) in [5, 5.41) is 1.14. The second kappa shape index (κ2) is 5.88. The fraction of sp³-hybridized carbons (Fsp3) is 0.143. The molecule has 0 aromatic heterocycles. The zero-order valence-electron chi connectivity index (χ0n) is 9.21. The van der Waals surface area contributed by atoms with E-state index in [4.69, 9.17) is 5.73 Å². The summed E-state index contributed by atoms with van der Waals surface area (Å²) in [7, 11) is 0. The van der Waals surface area contributed by atoms with E-state index in [-0.39, 0.29) is 0 Å². The van der Waals surface area contributed by atoms with Crippen molar-refractivity contribution >= 4 is 23.4 Å². The van der Waals surface area contributed by atoms with E-state index >= 15 is 0 Å². The Labute approximate surface area is 102 Å². The molecule has 1 nitrogen and oxygen atoms in total. The average Bonchev–Trinajstić information content (AvgIpc) is 2.38. The van der Waals surface area contributed by atoms with Gasteiger partial charge in [0.15, 0.2) is 0 Å². The summed E-state index contributed by atoms with van der Waals surface area (Å²) >= 11 is -1.15. The molecule has 0 saturated carbocycles. The van der Waals surface area contributed by atoms with Crippen molar-refractivity contribution in [3.05, 3.63) is 60.7 Å². The zero-order valence-corrected chi connectivity index (χ0v) is 11.1. The molecule has 2 heteroatoms. The topological polar surface area (TPSA) is 26.0 Å². The quantitative estimate of drug-likeness (QED) is 0.834. The minimum absolute atomic E-state index is 0.782. The number of rotatable bonds is 4. The van der Waals surface area contributed by atoms with E-state index < -0.39 is 14.7 Å². The molecular formula is C14H16AsN. The summed E-state index contributed by atoms with van der Waals surface area (Å²) in [6.45, 7) is 0.782. The molecule has 2 rings (SSSR count). The molecule has 2 aromatic rings. The van der Waals surface area contributed by atoms with Crippen LogP contribution in [0.2, 0.25) is 5.21 Å². The van der Waals surface area contributed by atoms with Crippen molar-refractivity contribution in [2.75, 3.05) is 6.54 Å². The Hall–Kier alpha value is -1.04. The van der Waals surface area contributed by atoms with Gasteiger partial charge in [-0.05, 0) is 0 Å². The average molecular weight is 273 g/mol. The van der Waals surface area contributed by atoms with Gasteiger partial charge in [-0.15, -0.1) is 0 Å². The molecule has 82 valence electrons. The van der Waals surface area contributed by atoms with Gasteiger partial charge in [-0.2, -0.15) is 0 Å². The van der Waals surface area contributed by atoms with Gasteiger partial charge in [-0.25, -0.2) is 0 Å². The molecule has 0 aliphatic heterocycles. The van der Waals surface area contributed by atoms with Crippen LogP contribution in [-0.4, -0.2) is 21.2 Å². The molecule has 0 bridgehead atoms. The van der Waals surface area contributed by atoms with Crippen LogP contribution >= 0.6 is 0 Å². The SMILES string of the molecule is NCC[As](c1ccccc1)c1ccccc1. The summed E-state index contributed by atoms with van der Waals surface area (Å²) < 4.78 is 2.98. The van der Waals surface area contributed by atoms with Gasteiger partial charge in [0.2, 0.25) is 0 Å². The Kier molecular flexibility index (Phi) is 4.21. The van der Waals surface area contributed by atoms with Gasteiger partial charge in [0.05, 0.1) is 0 Å². The first-order valence-electron chi connectivity index (χ1n) is 5.49. The molecule has 0 aliphatic carbocycles. The Morgan fingerprint density at radius 2 is 1.19 bits per heavy atom. The van der Waals surface area contributed by atoms with E-state index in [9.17, 15) is 0 Å². The molecule has 0 atom stereocenters. The van der Waals surface area contributed by atoms with Crippen molar-refractivity contribution in [2.24, 2.45) is 5.73 Å². The van der Waals surface area contributed by atoms with Crippen LogP contribution in [0.4, 0.5) is 0 Å². The Morgan fingerprint density at radius 1 is 0.750 bits per heavy atom. The third kappa shape index (κ3) is 2.75. The maximum absolute atomic E-state index is 5.74. The first-order chi connectivity index (χ1) is 7.92. The van der Waals surface area contributed by atoms with E-state index in [2.05, 4.69) is 60.7 Å². The monoisotopic (exact) mass is 273 g/mol. The molecular weight excluding hydrogens is 257 g/mol. The summed E-state index contributed by atoms with van der Waals surface area (Å²) in [5.41, 5.74) is 5.74. The van der Waals surface area contributed by atoms with Crippen LogP contribution in [0.25, 0.3) is 0 Å².